The first-order valence-electron chi connectivity index (χ1n) is 11.8. The Morgan fingerprint density at radius 2 is 1.71 bits per heavy atom. The fourth-order valence-corrected chi connectivity index (χ4v) is 5.00. The lowest BCUT2D eigenvalue weighted by Gasteiger charge is -2.30. The second kappa shape index (κ2) is 9.24. The van der Waals surface area contributed by atoms with E-state index in [-0.39, 0.29) is 25.5 Å². The molecule has 2 heterocycles. The molecule has 180 valence electrons. The monoisotopic (exact) mass is 473 g/mol. The molecular formula is C28H27NO6. The molecule has 1 unspecified atom stereocenters. The number of fused-ring (bicyclic) bond motifs is 2. The van der Waals surface area contributed by atoms with Crippen molar-refractivity contribution < 1.29 is 28.6 Å². The van der Waals surface area contributed by atoms with Gasteiger partial charge in [-0.15, -0.1) is 0 Å². The molecule has 0 bridgehead atoms. The average molecular weight is 474 g/mol. The first kappa shape index (κ1) is 23.2. The second-order valence-corrected chi connectivity index (χ2v) is 8.88. The van der Waals surface area contributed by atoms with E-state index < -0.39 is 23.6 Å². The number of ether oxygens (including phenoxy) is 3. The highest BCUT2D eigenvalue weighted by molar-refractivity contribution is 6.17. The van der Waals surface area contributed by atoms with E-state index in [9.17, 15) is 14.4 Å². The van der Waals surface area contributed by atoms with Crippen LogP contribution in [0.4, 0.5) is 0 Å². The average Bonchev–Trinajstić information content (AvgIpc) is 3.45. The SMILES string of the molecule is CCOC(=O)C(CC(=O)N1Cc2cc3ccccc3c(-c3ccccc3)c2C1=O)C1(C)OCCO1. The Kier molecular flexibility index (Phi) is 6.13. The van der Waals surface area contributed by atoms with Gasteiger partial charge >= 0.3 is 5.97 Å². The largest absolute Gasteiger partial charge is 0.466 e. The van der Waals surface area contributed by atoms with Crippen molar-refractivity contribution in [3.63, 3.8) is 0 Å². The predicted octanol–water partition coefficient (Wildman–Crippen LogP) is 4.32. The van der Waals surface area contributed by atoms with Crippen LogP contribution in [-0.4, -0.2) is 48.3 Å². The first-order chi connectivity index (χ1) is 16.9. The summed E-state index contributed by atoms with van der Waals surface area (Å²) in [5.74, 6) is -3.67. The van der Waals surface area contributed by atoms with Gasteiger partial charge in [0.2, 0.25) is 5.91 Å². The molecule has 1 saturated heterocycles. The van der Waals surface area contributed by atoms with Crippen LogP contribution in [-0.2, 0) is 30.3 Å². The van der Waals surface area contributed by atoms with E-state index >= 15 is 0 Å². The van der Waals surface area contributed by atoms with Gasteiger partial charge in [-0.05, 0) is 41.8 Å². The highest BCUT2D eigenvalue weighted by atomic mass is 16.7. The fourth-order valence-electron chi connectivity index (χ4n) is 5.00. The zero-order chi connectivity index (χ0) is 24.6. The lowest BCUT2D eigenvalue weighted by atomic mass is 9.91. The summed E-state index contributed by atoms with van der Waals surface area (Å²) in [6.07, 6.45) is -0.255. The minimum atomic E-state index is -1.28. The Morgan fingerprint density at radius 3 is 2.43 bits per heavy atom. The van der Waals surface area contributed by atoms with Crippen LogP contribution in [0, 0.1) is 5.92 Å². The van der Waals surface area contributed by atoms with Gasteiger partial charge in [-0.3, -0.25) is 19.3 Å². The summed E-state index contributed by atoms with van der Waals surface area (Å²) in [5, 5.41) is 1.95. The molecular weight excluding hydrogens is 446 g/mol. The molecule has 0 radical (unpaired) electrons. The number of nitrogens with zero attached hydrogens (tertiary/aromatic N) is 1. The molecule has 35 heavy (non-hydrogen) atoms. The maximum absolute atomic E-state index is 13.7. The second-order valence-electron chi connectivity index (χ2n) is 8.88. The highest BCUT2D eigenvalue weighted by Crippen LogP contribution is 2.40. The van der Waals surface area contributed by atoms with E-state index in [0.29, 0.717) is 18.8 Å². The molecule has 2 aliphatic rings. The van der Waals surface area contributed by atoms with Crippen molar-refractivity contribution >= 4 is 28.6 Å². The van der Waals surface area contributed by atoms with Gasteiger partial charge in [-0.1, -0.05) is 54.6 Å². The molecule has 2 aliphatic heterocycles. The number of benzene rings is 3. The lowest BCUT2D eigenvalue weighted by Crippen LogP contribution is -2.45. The minimum Gasteiger partial charge on any atom is -0.466 e. The zero-order valence-electron chi connectivity index (χ0n) is 19.8. The number of carbonyl (C=O) groups is 3. The summed E-state index contributed by atoms with van der Waals surface area (Å²) in [7, 11) is 0. The van der Waals surface area contributed by atoms with E-state index in [1.807, 2.05) is 60.7 Å². The Morgan fingerprint density at radius 1 is 1.03 bits per heavy atom. The van der Waals surface area contributed by atoms with Crippen molar-refractivity contribution in [2.75, 3.05) is 19.8 Å². The summed E-state index contributed by atoms with van der Waals surface area (Å²) in [4.78, 5) is 41.1. The maximum Gasteiger partial charge on any atom is 0.314 e. The smallest absolute Gasteiger partial charge is 0.314 e. The van der Waals surface area contributed by atoms with Gasteiger partial charge in [0.1, 0.15) is 5.92 Å². The van der Waals surface area contributed by atoms with Gasteiger partial charge in [-0.25, -0.2) is 0 Å². The van der Waals surface area contributed by atoms with Crippen molar-refractivity contribution in [1.82, 2.24) is 4.90 Å². The standard InChI is InChI=1S/C28H27NO6/c1-3-33-27(32)22(28(2)34-13-14-35-28)16-23(30)29-17-20-15-19-11-7-8-12-21(19)24(25(20)26(29)31)18-9-5-4-6-10-18/h4-12,15,22H,3,13-14,16-17H2,1-2H3. The third-order valence-corrected chi connectivity index (χ3v) is 6.73. The molecule has 3 aromatic carbocycles. The molecule has 2 amide bonds. The lowest BCUT2D eigenvalue weighted by molar-refractivity contribution is -0.202. The van der Waals surface area contributed by atoms with Gasteiger partial charge in [-0.2, -0.15) is 0 Å². The third-order valence-electron chi connectivity index (χ3n) is 6.73. The van der Waals surface area contributed by atoms with Crippen LogP contribution in [0.3, 0.4) is 0 Å². The molecule has 7 heteroatoms. The topological polar surface area (TPSA) is 82.1 Å². The van der Waals surface area contributed by atoms with Crippen LogP contribution in [0.5, 0.6) is 0 Å². The van der Waals surface area contributed by atoms with Crippen molar-refractivity contribution in [2.24, 2.45) is 5.92 Å². The van der Waals surface area contributed by atoms with Crippen molar-refractivity contribution in [1.29, 1.82) is 0 Å². The molecule has 0 spiro atoms. The van der Waals surface area contributed by atoms with Gasteiger partial charge in [0.05, 0.1) is 31.9 Å². The van der Waals surface area contributed by atoms with Crippen LogP contribution in [0.2, 0.25) is 0 Å². The van der Waals surface area contributed by atoms with E-state index in [1.54, 1.807) is 13.8 Å². The van der Waals surface area contributed by atoms with E-state index in [2.05, 4.69) is 0 Å². The first-order valence-corrected chi connectivity index (χ1v) is 11.8. The number of hydrogen-bond donors (Lipinski definition) is 0. The minimum absolute atomic E-state index is 0.144. The van der Waals surface area contributed by atoms with Crippen LogP contribution in [0.25, 0.3) is 21.9 Å². The van der Waals surface area contributed by atoms with Crippen LogP contribution in [0.15, 0.2) is 60.7 Å². The zero-order valence-corrected chi connectivity index (χ0v) is 19.8. The van der Waals surface area contributed by atoms with Gasteiger partial charge in [0, 0.05) is 12.0 Å². The quantitative estimate of drug-likeness (QED) is 0.496. The van der Waals surface area contributed by atoms with E-state index in [4.69, 9.17) is 14.2 Å². The van der Waals surface area contributed by atoms with E-state index in [1.165, 1.54) is 4.90 Å². The molecule has 1 atom stereocenters. The Labute approximate surface area is 203 Å². The fraction of sp³-hybridized carbons (Fsp3) is 0.321. The summed E-state index contributed by atoms with van der Waals surface area (Å²) in [6.45, 7) is 4.29. The number of hydrogen-bond acceptors (Lipinski definition) is 6. The van der Waals surface area contributed by atoms with Gasteiger partial charge in [0.15, 0.2) is 5.79 Å². The Bertz CT molecular complexity index is 1300. The van der Waals surface area contributed by atoms with Crippen LogP contribution >= 0.6 is 0 Å². The number of rotatable bonds is 6. The van der Waals surface area contributed by atoms with Crippen LogP contribution < -0.4 is 0 Å². The summed E-state index contributed by atoms with van der Waals surface area (Å²) < 4.78 is 16.6. The van der Waals surface area contributed by atoms with Crippen molar-refractivity contribution in [3.8, 4) is 11.1 Å². The molecule has 3 aromatic rings. The summed E-state index contributed by atoms with van der Waals surface area (Å²) >= 11 is 0. The number of imide groups is 1. The molecule has 0 saturated carbocycles. The molecule has 0 aromatic heterocycles. The normalized spacial score (nSPS) is 17.4. The van der Waals surface area contributed by atoms with Crippen LogP contribution in [0.1, 0.15) is 36.2 Å². The molecule has 1 fully saturated rings. The van der Waals surface area contributed by atoms with Gasteiger partial charge < -0.3 is 14.2 Å². The van der Waals surface area contributed by atoms with Gasteiger partial charge in [0.25, 0.3) is 5.91 Å². The predicted molar refractivity (Wildman–Crippen MR) is 129 cm³/mol. The third kappa shape index (κ3) is 4.11. The Balaban J connectivity index is 1.51. The number of amides is 2. The highest BCUT2D eigenvalue weighted by Gasteiger charge is 2.48. The number of esters is 1. The molecule has 5 rings (SSSR count). The maximum atomic E-state index is 13.7. The van der Waals surface area contributed by atoms with E-state index in [0.717, 1.165) is 27.5 Å². The number of carbonyl (C=O) groups excluding carboxylic acids is 3. The molecule has 7 nitrogen and oxygen atoms in total. The van der Waals surface area contributed by atoms with Crippen molar-refractivity contribution in [2.45, 2.75) is 32.6 Å². The molecule has 0 aliphatic carbocycles. The Hall–Kier alpha value is -3.55. The summed E-state index contributed by atoms with van der Waals surface area (Å²) in [5.41, 5.74) is 3.03. The molecule has 0 N–H and O–H groups in total. The van der Waals surface area contributed by atoms with Crippen molar-refractivity contribution in [3.05, 3.63) is 71.8 Å². The summed E-state index contributed by atoms with van der Waals surface area (Å²) in [6, 6.07) is 19.6.